The molecule has 7 heteroatoms. The van der Waals surface area contributed by atoms with Crippen LogP contribution in [0, 0.1) is 10.1 Å². The van der Waals surface area contributed by atoms with Crippen molar-refractivity contribution in [2.24, 2.45) is 0 Å². The third kappa shape index (κ3) is 4.45. The number of benzene rings is 3. The number of rotatable bonds is 5. The minimum Gasteiger partial charge on any atom is -0.418 e. The van der Waals surface area contributed by atoms with E-state index in [0.717, 1.165) is 0 Å². The SMILES string of the molecule is O=C(Oc1ccccc1[N+](=O)[O-])C(c1ccc(Cl)cc1)c1ccc(Cl)cc1. The van der Waals surface area contributed by atoms with Crippen LogP contribution in [0.4, 0.5) is 5.69 Å². The smallest absolute Gasteiger partial charge is 0.323 e. The highest BCUT2D eigenvalue weighted by Gasteiger charge is 2.27. The fraction of sp³-hybridized carbons (Fsp3) is 0.0500. The molecule has 0 amide bonds. The molecule has 0 unspecified atom stereocenters. The topological polar surface area (TPSA) is 69.4 Å². The van der Waals surface area contributed by atoms with E-state index in [4.69, 9.17) is 27.9 Å². The van der Waals surface area contributed by atoms with Gasteiger partial charge in [0.1, 0.15) is 5.92 Å². The molecule has 0 aromatic heterocycles. The normalized spacial score (nSPS) is 10.6. The number of nitrogens with zero attached hydrogens (tertiary/aromatic N) is 1. The number of halogens is 2. The van der Waals surface area contributed by atoms with Crippen molar-refractivity contribution in [3.8, 4) is 5.75 Å². The molecule has 0 N–H and O–H groups in total. The number of nitro groups is 1. The summed E-state index contributed by atoms with van der Waals surface area (Å²) >= 11 is 11.9. The monoisotopic (exact) mass is 401 g/mol. The van der Waals surface area contributed by atoms with Crippen LogP contribution in [-0.2, 0) is 4.79 Å². The molecule has 0 spiro atoms. The van der Waals surface area contributed by atoms with E-state index in [9.17, 15) is 14.9 Å². The predicted molar refractivity (Wildman–Crippen MR) is 103 cm³/mol. The first-order chi connectivity index (χ1) is 13.0. The van der Waals surface area contributed by atoms with Gasteiger partial charge in [-0.05, 0) is 41.5 Å². The Morgan fingerprint density at radius 3 is 1.81 bits per heavy atom. The molecule has 0 atom stereocenters. The predicted octanol–water partition coefficient (Wildman–Crippen LogP) is 5.64. The zero-order valence-electron chi connectivity index (χ0n) is 13.8. The molecule has 0 heterocycles. The lowest BCUT2D eigenvalue weighted by Crippen LogP contribution is -2.20. The number of hydrogen-bond donors (Lipinski definition) is 0. The Bertz CT molecular complexity index is 927. The van der Waals surface area contributed by atoms with Gasteiger partial charge in [0.25, 0.3) is 0 Å². The summed E-state index contributed by atoms with van der Waals surface area (Å²) in [6.07, 6.45) is 0. The molecule has 27 heavy (non-hydrogen) atoms. The minimum atomic E-state index is -0.792. The largest absolute Gasteiger partial charge is 0.418 e. The summed E-state index contributed by atoms with van der Waals surface area (Å²) in [5.74, 6) is -1.55. The van der Waals surface area contributed by atoms with E-state index < -0.39 is 16.8 Å². The molecule has 0 fully saturated rings. The van der Waals surface area contributed by atoms with Crippen LogP contribution in [0.25, 0.3) is 0 Å². The molecule has 3 aromatic carbocycles. The standard InChI is InChI=1S/C20H13Cl2NO4/c21-15-9-5-13(6-10-15)19(14-7-11-16(22)12-8-14)20(24)27-18-4-2-1-3-17(18)23(25)26/h1-12,19H. The number of ether oxygens (including phenoxy) is 1. The molecule has 0 aliphatic rings. The maximum atomic E-state index is 12.9. The van der Waals surface area contributed by atoms with Crippen LogP contribution in [0.5, 0.6) is 5.75 Å². The second-order valence-corrected chi connectivity index (χ2v) is 6.55. The summed E-state index contributed by atoms with van der Waals surface area (Å²) in [7, 11) is 0. The van der Waals surface area contributed by atoms with Crippen LogP contribution < -0.4 is 4.74 Å². The van der Waals surface area contributed by atoms with E-state index in [1.807, 2.05) is 0 Å². The van der Waals surface area contributed by atoms with Crippen LogP contribution in [-0.4, -0.2) is 10.9 Å². The van der Waals surface area contributed by atoms with Crippen molar-refractivity contribution in [1.29, 1.82) is 0 Å². The maximum Gasteiger partial charge on any atom is 0.323 e. The highest BCUT2D eigenvalue weighted by atomic mass is 35.5. The quantitative estimate of drug-likeness (QED) is 0.240. The second kappa shape index (κ2) is 8.20. The van der Waals surface area contributed by atoms with Gasteiger partial charge in [0, 0.05) is 16.1 Å². The Morgan fingerprint density at radius 1 is 0.852 bits per heavy atom. The Balaban J connectivity index is 2.00. The van der Waals surface area contributed by atoms with Gasteiger partial charge in [0.05, 0.1) is 4.92 Å². The van der Waals surface area contributed by atoms with E-state index in [1.54, 1.807) is 54.6 Å². The average molecular weight is 402 g/mol. The van der Waals surface area contributed by atoms with Gasteiger partial charge in [-0.15, -0.1) is 0 Å². The Labute approximate surface area is 165 Å². The summed E-state index contributed by atoms with van der Waals surface area (Å²) in [6, 6.07) is 19.2. The van der Waals surface area contributed by atoms with Gasteiger partial charge >= 0.3 is 11.7 Å². The molecule has 0 radical (unpaired) electrons. The Morgan fingerprint density at radius 2 is 1.33 bits per heavy atom. The molecule has 0 saturated heterocycles. The molecule has 0 bridgehead atoms. The van der Waals surface area contributed by atoms with Gasteiger partial charge < -0.3 is 4.74 Å². The summed E-state index contributed by atoms with van der Waals surface area (Å²) in [5, 5.41) is 12.2. The zero-order chi connectivity index (χ0) is 19.4. The van der Waals surface area contributed by atoms with Gasteiger partial charge in [-0.25, -0.2) is 0 Å². The van der Waals surface area contributed by atoms with Crippen LogP contribution >= 0.6 is 23.2 Å². The van der Waals surface area contributed by atoms with Gasteiger partial charge in [-0.1, -0.05) is 59.6 Å². The lowest BCUT2D eigenvalue weighted by Gasteiger charge is -2.17. The Kier molecular flexibility index (Phi) is 5.74. The van der Waals surface area contributed by atoms with E-state index in [-0.39, 0.29) is 11.4 Å². The summed E-state index contributed by atoms with van der Waals surface area (Å²) < 4.78 is 5.39. The molecule has 0 aliphatic carbocycles. The molecule has 5 nitrogen and oxygen atoms in total. The van der Waals surface area contributed by atoms with Crippen molar-refractivity contribution < 1.29 is 14.5 Å². The van der Waals surface area contributed by atoms with Gasteiger partial charge in [0.2, 0.25) is 5.75 Å². The minimum absolute atomic E-state index is 0.111. The fourth-order valence-electron chi connectivity index (χ4n) is 2.64. The van der Waals surface area contributed by atoms with E-state index in [1.165, 1.54) is 18.2 Å². The van der Waals surface area contributed by atoms with Gasteiger partial charge in [0.15, 0.2) is 0 Å². The van der Waals surface area contributed by atoms with Crippen molar-refractivity contribution in [1.82, 2.24) is 0 Å². The lowest BCUT2D eigenvalue weighted by atomic mass is 9.91. The summed E-state index contributed by atoms with van der Waals surface area (Å²) in [5.41, 5.74) is 1.01. The van der Waals surface area contributed by atoms with E-state index in [0.29, 0.717) is 21.2 Å². The highest BCUT2D eigenvalue weighted by molar-refractivity contribution is 6.30. The van der Waals surface area contributed by atoms with Crippen molar-refractivity contribution in [3.63, 3.8) is 0 Å². The number of esters is 1. The summed E-state index contributed by atoms with van der Waals surface area (Å²) in [6.45, 7) is 0. The molecule has 3 aromatic rings. The molecular weight excluding hydrogens is 389 g/mol. The molecule has 3 rings (SSSR count). The van der Waals surface area contributed by atoms with Crippen LogP contribution in [0.3, 0.4) is 0 Å². The molecule has 0 aliphatic heterocycles. The van der Waals surface area contributed by atoms with Crippen molar-refractivity contribution >= 4 is 34.9 Å². The first kappa shape index (κ1) is 18.9. The molecule has 136 valence electrons. The third-order valence-corrected chi connectivity index (χ3v) is 4.42. The zero-order valence-corrected chi connectivity index (χ0v) is 15.4. The summed E-state index contributed by atoms with van der Waals surface area (Å²) in [4.78, 5) is 23.5. The van der Waals surface area contributed by atoms with Crippen molar-refractivity contribution in [2.75, 3.05) is 0 Å². The van der Waals surface area contributed by atoms with Crippen molar-refractivity contribution in [3.05, 3.63) is 104 Å². The highest BCUT2D eigenvalue weighted by Crippen LogP contribution is 2.32. The van der Waals surface area contributed by atoms with Crippen LogP contribution in [0.2, 0.25) is 10.0 Å². The average Bonchev–Trinajstić information content (AvgIpc) is 2.65. The maximum absolute atomic E-state index is 12.9. The van der Waals surface area contributed by atoms with Crippen molar-refractivity contribution in [2.45, 2.75) is 5.92 Å². The number of hydrogen-bond acceptors (Lipinski definition) is 4. The van der Waals surface area contributed by atoms with Crippen LogP contribution in [0.1, 0.15) is 17.0 Å². The Hall–Kier alpha value is -2.89. The number of carbonyl (C=O) groups is 1. The van der Waals surface area contributed by atoms with Crippen LogP contribution in [0.15, 0.2) is 72.8 Å². The fourth-order valence-corrected chi connectivity index (χ4v) is 2.89. The third-order valence-electron chi connectivity index (χ3n) is 3.91. The van der Waals surface area contributed by atoms with E-state index >= 15 is 0 Å². The second-order valence-electron chi connectivity index (χ2n) is 5.68. The first-order valence-corrected chi connectivity index (χ1v) is 8.67. The number of nitro benzene ring substituents is 1. The number of para-hydroxylation sites is 2. The molecule has 0 saturated carbocycles. The van der Waals surface area contributed by atoms with Gasteiger partial charge in [-0.2, -0.15) is 0 Å². The van der Waals surface area contributed by atoms with E-state index in [2.05, 4.69) is 0 Å². The lowest BCUT2D eigenvalue weighted by molar-refractivity contribution is -0.385. The molecular formula is C20H13Cl2NO4. The first-order valence-electron chi connectivity index (χ1n) is 7.92. The number of carbonyl (C=O) groups excluding carboxylic acids is 1. The van der Waals surface area contributed by atoms with Gasteiger partial charge in [-0.3, -0.25) is 14.9 Å².